The standard InChI is InChI=1S/C21H27N3O3/c1-21(2,3)24-18(16-9-10-16)13-17(22-24)20(27)23(14-19(25)26)12-11-15-7-5-4-6-8-15/h4-8,13,16H,9-12,14H2,1-3H3,(H,25,26). The van der Waals surface area contributed by atoms with Crippen molar-refractivity contribution in [3.8, 4) is 0 Å². The molecule has 0 aliphatic heterocycles. The lowest BCUT2D eigenvalue weighted by atomic mass is 10.1. The Bertz CT molecular complexity index is 817. The lowest BCUT2D eigenvalue weighted by Crippen LogP contribution is -2.37. The molecule has 1 aromatic carbocycles. The highest BCUT2D eigenvalue weighted by Crippen LogP contribution is 2.41. The fraction of sp³-hybridized carbons (Fsp3) is 0.476. The number of carboxylic acid groups (broad SMARTS) is 1. The van der Waals surface area contributed by atoms with Crippen LogP contribution in [0.4, 0.5) is 0 Å². The van der Waals surface area contributed by atoms with Gasteiger partial charge in [0.05, 0.1) is 5.54 Å². The molecule has 6 heteroatoms. The summed E-state index contributed by atoms with van der Waals surface area (Å²) in [4.78, 5) is 25.7. The molecule has 1 saturated carbocycles. The second kappa shape index (κ2) is 7.55. The Balaban J connectivity index is 1.82. The van der Waals surface area contributed by atoms with E-state index in [2.05, 4.69) is 25.9 Å². The third kappa shape index (κ3) is 4.76. The van der Waals surface area contributed by atoms with Gasteiger partial charge in [0.2, 0.25) is 0 Å². The van der Waals surface area contributed by atoms with Crippen LogP contribution in [0.1, 0.15) is 61.3 Å². The average Bonchev–Trinajstić information content (AvgIpc) is 3.35. The number of aromatic nitrogens is 2. The van der Waals surface area contributed by atoms with E-state index in [-0.39, 0.29) is 18.0 Å². The molecule has 2 aromatic rings. The Labute approximate surface area is 159 Å². The lowest BCUT2D eigenvalue weighted by molar-refractivity contribution is -0.137. The smallest absolute Gasteiger partial charge is 0.323 e. The van der Waals surface area contributed by atoms with Gasteiger partial charge in [-0.3, -0.25) is 14.3 Å². The molecule has 0 spiro atoms. The molecular formula is C21H27N3O3. The van der Waals surface area contributed by atoms with Gasteiger partial charge in [0.15, 0.2) is 5.69 Å². The predicted octanol–water partition coefficient (Wildman–Crippen LogP) is 3.29. The first-order valence-electron chi connectivity index (χ1n) is 9.41. The Hall–Kier alpha value is -2.63. The molecule has 0 atom stereocenters. The number of carbonyl (C=O) groups excluding carboxylic acids is 1. The van der Waals surface area contributed by atoms with Crippen LogP contribution in [-0.2, 0) is 16.8 Å². The van der Waals surface area contributed by atoms with Gasteiger partial charge < -0.3 is 10.0 Å². The average molecular weight is 369 g/mol. The van der Waals surface area contributed by atoms with Gasteiger partial charge in [0.25, 0.3) is 5.91 Å². The summed E-state index contributed by atoms with van der Waals surface area (Å²) in [5.41, 5.74) is 2.25. The van der Waals surface area contributed by atoms with E-state index in [1.54, 1.807) is 0 Å². The van der Waals surface area contributed by atoms with E-state index in [1.165, 1.54) is 4.90 Å². The van der Waals surface area contributed by atoms with Crippen LogP contribution in [-0.4, -0.2) is 44.8 Å². The number of aliphatic carboxylic acids is 1. The second-order valence-electron chi connectivity index (χ2n) is 8.17. The summed E-state index contributed by atoms with van der Waals surface area (Å²) in [5, 5.41) is 13.8. The fourth-order valence-corrected chi connectivity index (χ4v) is 3.19. The molecule has 3 rings (SSSR count). The quantitative estimate of drug-likeness (QED) is 0.813. The molecule has 1 aliphatic rings. The van der Waals surface area contributed by atoms with Gasteiger partial charge in [-0.25, -0.2) is 0 Å². The van der Waals surface area contributed by atoms with E-state index in [1.807, 2.05) is 41.1 Å². The first-order valence-corrected chi connectivity index (χ1v) is 9.41. The van der Waals surface area contributed by atoms with Crippen LogP contribution >= 0.6 is 0 Å². The second-order valence-corrected chi connectivity index (χ2v) is 8.17. The minimum Gasteiger partial charge on any atom is -0.480 e. The van der Waals surface area contributed by atoms with Crippen molar-refractivity contribution < 1.29 is 14.7 Å². The fourth-order valence-electron chi connectivity index (χ4n) is 3.19. The van der Waals surface area contributed by atoms with Crippen molar-refractivity contribution in [2.24, 2.45) is 0 Å². The summed E-state index contributed by atoms with van der Waals surface area (Å²) in [5.74, 6) is -0.886. The minimum absolute atomic E-state index is 0.224. The van der Waals surface area contributed by atoms with Crippen molar-refractivity contribution in [2.45, 2.75) is 51.5 Å². The molecular weight excluding hydrogens is 342 g/mol. The Kier molecular flexibility index (Phi) is 5.35. The van der Waals surface area contributed by atoms with Gasteiger partial charge in [-0.15, -0.1) is 0 Å². The van der Waals surface area contributed by atoms with E-state index < -0.39 is 5.97 Å². The van der Waals surface area contributed by atoms with Gasteiger partial charge in [-0.1, -0.05) is 30.3 Å². The van der Waals surface area contributed by atoms with Crippen LogP contribution in [0.5, 0.6) is 0 Å². The maximum Gasteiger partial charge on any atom is 0.323 e. The maximum absolute atomic E-state index is 13.0. The summed E-state index contributed by atoms with van der Waals surface area (Å²) in [6.07, 6.45) is 2.83. The van der Waals surface area contributed by atoms with Crippen molar-refractivity contribution in [2.75, 3.05) is 13.1 Å². The van der Waals surface area contributed by atoms with Gasteiger partial charge in [-0.05, 0) is 51.7 Å². The number of rotatable bonds is 7. The zero-order valence-corrected chi connectivity index (χ0v) is 16.2. The molecule has 1 amide bonds. The summed E-state index contributed by atoms with van der Waals surface area (Å²) >= 11 is 0. The third-order valence-corrected chi connectivity index (χ3v) is 4.71. The molecule has 1 aromatic heterocycles. The summed E-state index contributed by atoms with van der Waals surface area (Å²) in [6, 6.07) is 11.6. The lowest BCUT2D eigenvalue weighted by Gasteiger charge is -2.22. The number of nitrogens with zero attached hydrogens (tertiary/aromatic N) is 3. The molecule has 0 bridgehead atoms. The molecule has 6 nitrogen and oxygen atoms in total. The number of carbonyl (C=O) groups is 2. The van der Waals surface area contributed by atoms with Crippen LogP contribution < -0.4 is 0 Å². The van der Waals surface area contributed by atoms with Crippen molar-refractivity contribution in [1.29, 1.82) is 0 Å². The molecule has 0 radical (unpaired) electrons. The zero-order chi connectivity index (χ0) is 19.6. The molecule has 1 aliphatic carbocycles. The largest absolute Gasteiger partial charge is 0.480 e. The predicted molar refractivity (Wildman–Crippen MR) is 103 cm³/mol. The number of benzene rings is 1. The van der Waals surface area contributed by atoms with E-state index >= 15 is 0 Å². The Morgan fingerprint density at radius 2 is 1.89 bits per heavy atom. The number of hydrogen-bond acceptors (Lipinski definition) is 3. The molecule has 27 heavy (non-hydrogen) atoms. The Morgan fingerprint density at radius 1 is 1.22 bits per heavy atom. The van der Waals surface area contributed by atoms with Crippen LogP contribution in [0.3, 0.4) is 0 Å². The Morgan fingerprint density at radius 3 is 2.44 bits per heavy atom. The van der Waals surface area contributed by atoms with Crippen molar-refractivity contribution >= 4 is 11.9 Å². The summed E-state index contributed by atoms with van der Waals surface area (Å²) < 4.78 is 1.92. The van der Waals surface area contributed by atoms with Crippen LogP contribution in [0.15, 0.2) is 36.4 Å². The SMILES string of the molecule is CC(C)(C)n1nc(C(=O)N(CCc2ccccc2)CC(=O)O)cc1C1CC1. The van der Waals surface area contributed by atoms with Crippen molar-refractivity contribution in [1.82, 2.24) is 14.7 Å². The summed E-state index contributed by atoms with van der Waals surface area (Å²) in [6.45, 7) is 6.20. The third-order valence-electron chi connectivity index (χ3n) is 4.71. The number of carboxylic acids is 1. The molecule has 1 fully saturated rings. The van der Waals surface area contributed by atoms with E-state index in [0.717, 1.165) is 24.1 Å². The monoisotopic (exact) mass is 369 g/mol. The summed E-state index contributed by atoms with van der Waals surface area (Å²) in [7, 11) is 0. The molecule has 144 valence electrons. The van der Waals surface area contributed by atoms with Crippen molar-refractivity contribution in [3.63, 3.8) is 0 Å². The highest BCUT2D eigenvalue weighted by molar-refractivity contribution is 5.94. The van der Waals surface area contributed by atoms with Gasteiger partial charge in [0.1, 0.15) is 6.54 Å². The number of hydrogen-bond donors (Lipinski definition) is 1. The first-order chi connectivity index (χ1) is 12.8. The van der Waals surface area contributed by atoms with E-state index in [4.69, 9.17) is 0 Å². The normalized spacial score (nSPS) is 14.2. The molecule has 1 heterocycles. The van der Waals surface area contributed by atoms with Gasteiger partial charge in [0, 0.05) is 18.2 Å². The number of amides is 1. The zero-order valence-electron chi connectivity index (χ0n) is 16.2. The van der Waals surface area contributed by atoms with Gasteiger partial charge >= 0.3 is 5.97 Å². The van der Waals surface area contributed by atoms with Crippen LogP contribution in [0.2, 0.25) is 0 Å². The van der Waals surface area contributed by atoms with Crippen LogP contribution in [0, 0.1) is 0 Å². The topological polar surface area (TPSA) is 75.4 Å². The molecule has 0 saturated heterocycles. The molecule has 0 unspecified atom stereocenters. The minimum atomic E-state index is -1.02. The van der Waals surface area contributed by atoms with Crippen LogP contribution in [0.25, 0.3) is 0 Å². The maximum atomic E-state index is 13.0. The van der Waals surface area contributed by atoms with E-state index in [0.29, 0.717) is 24.6 Å². The highest BCUT2D eigenvalue weighted by atomic mass is 16.4. The van der Waals surface area contributed by atoms with E-state index in [9.17, 15) is 14.7 Å². The molecule has 1 N–H and O–H groups in total. The first kappa shape index (κ1) is 19.1. The van der Waals surface area contributed by atoms with Gasteiger partial charge in [-0.2, -0.15) is 5.10 Å². The van der Waals surface area contributed by atoms with Crippen molar-refractivity contribution in [3.05, 3.63) is 53.3 Å². The highest BCUT2D eigenvalue weighted by Gasteiger charge is 2.33.